The Balaban J connectivity index is 1.06. The van der Waals surface area contributed by atoms with Crippen LogP contribution >= 0.6 is 0 Å². The second-order valence-electron chi connectivity index (χ2n) is 18.6. The largest absolute Gasteiger partial charge is 0.478 e. The molecule has 7 heteroatoms. The normalized spacial score (nSPS) is 37.2. The fourth-order valence-electron chi connectivity index (χ4n) is 13.2. The average Bonchev–Trinajstić information content (AvgIpc) is 3.53. The lowest BCUT2D eigenvalue weighted by atomic mass is 9.32. The van der Waals surface area contributed by atoms with Crippen LogP contribution in [0.2, 0.25) is 0 Å². The van der Waals surface area contributed by atoms with E-state index in [0.29, 0.717) is 41.6 Å². The number of hydrogen-bond donors (Lipinski definition) is 4. The third-order valence-electron chi connectivity index (χ3n) is 16.3. The number of fused-ring (bicyclic) bond motifs is 6. The topological polar surface area (TPSA) is 115 Å². The van der Waals surface area contributed by atoms with Gasteiger partial charge in [-0.3, -0.25) is 4.79 Å². The summed E-state index contributed by atoms with van der Waals surface area (Å²) in [5.41, 5.74) is 4.05. The molecule has 276 valence electrons. The van der Waals surface area contributed by atoms with Gasteiger partial charge in [-0.15, -0.1) is 0 Å². The number of aromatic nitrogens is 2. The van der Waals surface area contributed by atoms with E-state index < -0.39 is 5.97 Å². The number of benzene rings is 2. The second kappa shape index (κ2) is 12.7. The molecule has 0 saturated heterocycles. The van der Waals surface area contributed by atoms with Gasteiger partial charge in [0.25, 0.3) is 0 Å². The Labute approximate surface area is 304 Å². The molecule has 7 nitrogen and oxygen atoms in total. The number of aliphatic hydroxyl groups excluding tert-OH is 1. The van der Waals surface area contributed by atoms with E-state index in [1.54, 1.807) is 18.2 Å². The van der Waals surface area contributed by atoms with Crippen molar-refractivity contribution in [2.75, 3.05) is 6.54 Å². The van der Waals surface area contributed by atoms with Gasteiger partial charge >= 0.3 is 5.97 Å². The lowest BCUT2D eigenvalue weighted by Crippen LogP contribution is -2.67. The van der Waals surface area contributed by atoms with Crippen molar-refractivity contribution in [1.82, 2.24) is 15.3 Å². The SMILES string of the molecule is CCCC1(C(=O)NCCc2cccc(-c3nc4ccc(C(=O)O)cc4[nH]3)c2)CC[C@]2(C)C(CCC3C4(C)CCC(O)C(C)(C)C4CCC32C)C1C. The number of aromatic carboxylic acids is 1. The molecule has 1 amide bonds. The standard InChI is InChI=1S/C44H61N3O4/c1-8-19-44(39(51)45-24-18-28-10-9-11-29(25-28)37-46-32-14-12-30(38(49)50)26-33(32)47-37)23-22-42(6)31(27(44)2)13-15-35-41(5)20-17-36(48)40(3,4)34(41)16-21-43(35,42)7/h9-12,14,25-27,31,34-36,48H,8,13,15-24H2,1-7H3,(H,45,51)(H,46,47)(H,49,50)/t27?,31?,34?,35?,36?,41?,42-,43?,44?/m1/s1. The van der Waals surface area contributed by atoms with Gasteiger partial charge in [-0.05, 0) is 139 Å². The van der Waals surface area contributed by atoms with Gasteiger partial charge in [0, 0.05) is 12.1 Å². The van der Waals surface area contributed by atoms with Gasteiger partial charge in [-0.2, -0.15) is 0 Å². The first-order chi connectivity index (χ1) is 24.1. The Morgan fingerprint density at radius 2 is 1.71 bits per heavy atom. The highest BCUT2D eigenvalue weighted by Gasteiger charge is 2.69. The minimum atomic E-state index is -0.960. The predicted octanol–water partition coefficient (Wildman–Crippen LogP) is 9.44. The van der Waals surface area contributed by atoms with Crippen LogP contribution in [-0.4, -0.2) is 44.7 Å². The van der Waals surface area contributed by atoms with Crippen LogP contribution in [0, 0.1) is 50.7 Å². The van der Waals surface area contributed by atoms with Gasteiger partial charge in [0.1, 0.15) is 5.82 Å². The molecule has 1 heterocycles. The zero-order valence-electron chi connectivity index (χ0n) is 32.1. The second-order valence-corrected chi connectivity index (χ2v) is 18.6. The van der Waals surface area contributed by atoms with Crippen LogP contribution in [0.25, 0.3) is 22.4 Å². The van der Waals surface area contributed by atoms with Crippen molar-refractivity contribution in [3.8, 4) is 11.4 Å². The summed E-state index contributed by atoms with van der Waals surface area (Å²) in [7, 11) is 0. The van der Waals surface area contributed by atoms with Crippen LogP contribution < -0.4 is 5.32 Å². The van der Waals surface area contributed by atoms with E-state index in [-0.39, 0.29) is 44.6 Å². The van der Waals surface area contributed by atoms with Crippen molar-refractivity contribution in [3.63, 3.8) is 0 Å². The van der Waals surface area contributed by atoms with Crippen molar-refractivity contribution in [2.45, 2.75) is 125 Å². The van der Waals surface area contributed by atoms with E-state index in [9.17, 15) is 19.8 Å². The number of amides is 1. The zero-order chi connectivity index (χ0) is 36.6. The summed E-state index contributed by atoms with van der Waals surface area (Å²) in [5.74, 6) is 2.06. The smallest absolute Gasteiger partial charge is 0.335 e. The average molecular weight is 696 g/mol. The summed E-state index contributed by atoms with van der Waals surface area (Å²) >= 11 is 0. The van der Waals surface area contributed by atoms with Crippen LogP contribution in [0.1, 0.15) is 129 Å². The van der Waals surface area contributed by atoms with Gasteiger partial charge in [0.05, 0.1) is 28.1 Å². The maximum atomic E-state index is 14.5. The third kappa shape index (κ3) is 5.49. The molecule has 9 atom stereocenters. The number of aromatic amines is 1. The first-order valence-corrected chi connectivity index (χ1v) is 19.9. The molecule has 0 aliphatic heterocycles. The maximum absolute atomic E-state index is 14.5. The molecule has 2 aromatic carbocycles. The van der Waals surface area contributed by atoms with E-state index >= 15 is 0 Å². The molecule has 4 fully saturated rings. The number of hydrogen-bond acceptors (Lipinski definition) is 4. The lowest BCUT2D eigenvalue weighted by molar-refractivity contribution is -0.246. The summed E-state index contributed by atoms with van der Waals surface area (Å²) in [6.45, 7) is 17.7. The minimum absolute atomic E-state index is 0.0388. The molecular weight excluding hydrogens is 635 g/mol. The fraction of sp³-hybridized carbons (Fsp3) is 0.659. The summed E-state index contributed by atoms with van der Waals surface area (Å²) in [6.07, 6.45) is 11.5. The van der Waals surface area contributed by atoms with Gasteiger partial charge < -0.3 is 20.5 Å². The molecule has 3 aromatic rings. The number of imidazole rings is 1. The minimum Gasteiger partial charge on any atom is -0.478 e. The Hall–Kier alpha value is -3.19. The zero-order valence-corrected chi connectivity index (χ0v) is 32.1. The Kier molecular flexibility index (Phi) is 9.04. The van der Waals surface area contributed by atoms with Crippen LogP contribution in [0.3, 0.4) is 0 Å². The summed E-state index contributed by atoms with van der Waals surface area (Å²) in [5, 5.41) is 23.9. The van der Waals surface area contributed by atoms with Crippen molar-refractivity contribution < 1.29 is 19.8 Å². The Bertz CT molecular complexity index is 1810. The monoisotopic (exact) mass is 695 g/mol. The number of nitrogens with one attached hydrogen (secondary N) is 2. The van der Waals surface area contributed by atoms with Crippen LogP contribution in [0.15, 0.2) is 42.5 Å². The van der Waals surface area contributed by atoms with Crippen molar-refractivity contribution in [2.24, 2.45) is 50.7 Å². The predicted molar refractivity (Wildman–Crippen MR) is 203 cm³/mol. The van der Waals surface area contributed by atoms with Crippen molar-refractivity contribution in [3.05, 3.63) is 53.6 Å². The van der Waals surface area contributed by atoms with Gasteiger partial charge in [0.15, 0.2) is 0 Å². The van der Waals surface area contributed by atoms with Crippen LogP contribution in [0.5, 0.6) is 0 Å². The third-order valence-corrected chi connectivity index (χ3v) is 16.3. The Morgan fingerprint density at radius 3 is 2.45 bits per heavy atom. The highest BCUT2D eigenvalue weighted by molar-refractivity contribution is 5.93. The quantitative estimate of drug-likeness (QED) is 0.187. The molecular formula is C44H61N3O4. The van der Waals surface area contributed by atoms with Crippen LogP contribution in [-0.2, 0) is 11.2 Å². The highest BCUT2D eigenvalue weighted by Crippen LogP contribution is 2.75. The number of nitrogens with zero attached hydrogens (tertiary/aromatic N) is 1. The fourth-order valence-corrected chi connectivity index (χ4v) is 13.2. The van der Waals surface area contributed by atoms with E-state index in [2.05, 4.69) is 70.9 Å². The molecule has 0 radical (unpaired) electrons. The van der Waals surface area contributed by atoms with Crippen LogP contribution in [0.4, 0.5) is 0 Å². The number of carbonyl (C=O) groups is 2. The molecule has 4 saturated carbocycles. The summed E-state index contributed by atoms with van der Waals surface area (Å²) in [4.78, 5) is 33.9. The van der Waals surface area contributed by atoms with E-state index in [1.807, 2.05) is 12.1 Å². The first kappa shape index (κ1) is 36.2. The first-order valence-electron chi connectivity index (χ1n) is 19.9. The van der Waals surface area contributed by atoms with Gasteiger partial charge in [-0.1, -0.05) is 73.1 Å². The van der Waals surface area contributed by atoms with E-state index in [1.165, 1.54) is 25.7 Å². The number of carboxylic acids is 1. The number of carbonyl (C=O) groups excluding carboxylic acids is 1. The molecule has 51 heavy (non-hydrogen) atoms. The molecule has 4 N–H and O–H groups in total. The molecule has 0 bridgehead atoms. The summed E-state index contributed by atoms with van der Waals surface area (Å²) < 4.78 is 0. The number of aliphatic hydroxyl groups is 1. The number of H-pyrrole nitrogens is 1. The molecule has 4 aliphatic carbocycles. The molecule has 1 aromatic heterocycles. The van der Waals surface area contributed by atoms with E-state index in [0.717, 1.165) is 61.6 Å². The highest BCUT2D eigenvalue weighted by atomic mass is 16.4. The van der Waals surface area contributed by atoms with Gasteiger partial charge in [-0.25, -0.2) is 9.78 Å². The Morgan fingerprint density at radius 1 is 0.922 bits per heavy atom. The maximum Gasteiger partial charge on any atom is 0.335 e. The van der Waals surface area contributed by atoms with E-state index in [4.69, 9.17) is 4.98 Å². The molecule has 7 rings (SSSR count). The number of carboxylic acid groups (broad SMARTS) is 1. The lowest BCUT2D eigenvalue weighted by Gasteiger charge is -2.72. The molecule has 4 aliphatic rings. The number of rotatable bonds is 8. The van der Waals surface area contributed by atoms with Gasteiger partial charge in [0.2, 0.25) is 5.91 Å². The van der Waals surface area contributed by atoms with Crippen molar-refractivity contribution >= 4 is 22.9 Å². The molecule has 8 unspecified atom stereocenters. The van der Waals surface area contributed by atoms with Crippen molar-refractivity contribution in [1.29, 1.82) is 0 Å². The summed E-state index contributed by atoms with van der Waals surface area (Å²) in [6, 6.07) is 13.2. The molecule has 0 spiro atoms.